The summed E-state index contributed by atoms with van der Waals surface area (Å²) in [5.74, 6) is 0. The fourth-order valence-electron chi connectivity index (χ4n) is 4.05. The number of nitrogens with two attached hydrogens (primary N) is 1. The van der Waals surface area contributed by atoms with Gasteiger partial charge in [0.15, 0.2) is 0 Å². The van der Waals surface area contributed by atoms with Crippen molar-refractivity contribution in [2.45, 2.75) is 111 Å². The molecular formula is C32H56N2O3. The number of aryl methyl sites for hydroxylation is 1. The molecule has 0 amide bonds. The minimum atomic E-state index is 0.803. The lowest BCUT2D eigenvalue weighted by Crippen LogP contribution is -2.03. The largest absolute Gasteiger partial charge is 0.398 e. The van der Waals surface area contributed by atoms with Gasteiger partial charge in [0.05, 0.1) is 5.52 Å². The van der Waals surface area contributed by atoms with E-state index in [2.05, 4.69) is 20.8 Å². The van der Waals surface area contributed by atoms with Crippen LogP contribution in [0.1, 0.15) is 110 Å². The number of pyridine rings is 1. The second-order valence-electron chi connectivity index (χ2n) is 9.84. The predicted molar refractivity (Wildman–Crippen MR) is 159 cm³/mol. The van der Waals surface area contributed by atoms with Crippen molar-refractivity contribution in [3.05, 3.63) is 36.0 Å². The third-order valence-corrected chi connectivity index (χ3v) is 6.23. The molecule has 2 N–H and O–H groups in total. The Labute approximate surface area is 227 Å². The van der Waals surface area contributed by atoms with Gasteiger partial charge in [0.25, 0.3) is 0 Å². The fraction of sp³-hybridized carbons (Fsp3) is 0.719. The summed E-state index contributed by atoms with van der Waals surface area (Å²) in [5.41, 5.74) is 9.04. The average molecular weight is 517 g/mol. The molecule has 1 heterocycles. The van der Waals surface area contributed by atoms with Crippen molar-refractivity contribution in [3.8, 4) is 0 Å². The van der Waals surface area contributed by atoms with Crippen molar-refractivity contribution in [1.82, 2.24) is 4.98 Å². The Hall–Kier alpha value is -1.69. The normalized spacial score (nSPS) is 11.0. The molecule has 5 heteroatoms. The number of hydrogen-bond acceptors (Lipinski definition) is 5. The number of fused-ring (bicyclic) bond motifs is 1. The second kappa shape index (κ2) is 24.6. The zero-order valence-corrected chi connectivity index (χ0v) is 24.3. The van der Waals surface area contributed by atoms with E-state index in [1.807, 2.05) is 30.3 Å². The Morgan fingerprint density at radius 2 is 1.14 bits per heavy atom. The van der Waals surface area contributed by atoms with Crippen LogP contribution in [0.2, 0.25) is 0 Å². The molecule has 1 aromatic carbocycles. The third kappa shape index (κ3) is 18.2. The first-order valence-electron chi connectivity index (χ1n) is 15.1. The highest BCUT2D eigenvalue weighted by atomic mass is 16.5. The summed E-state index contributed by atoms with van der Waals surface area (Å²) in [7, 11) is 0. The molecule has 0 fully saturated rings. The molecule has 1 aromatic heterocycles. The molecule has 0 aliphatic rings. The molecule has 0 atom stereocenters. The summed E-state index contributed by atoms with van der Waals surface area (Å²) in [6.45, 7) is 11.9. The van der Waals surface area contributed by atoms with Crippen LogP contribution in [-0.4, -0.2) is 44.6 Å². The monoisotopic (exact) mass is 516 g/mol. The highest BCUT2D eigenvalue weighted by Gasteiger charge is 2.03. The van der Waals surface area contributed by atoms with Crippen LogP contribution in [0.5, 0.6) is 0 Å². The van der Waals surface area contributed by atoms with Gasteiger partial charge >= 0.3 is 0 Å². The predicted octanol–water partition coefficient (Wildman–Crippen LogP) is 8.53. The van der Waals surface area contributed by atoms with Gasteiger partial charge in [-0.2, -0.15) is 0 Å². The van der Waals surface area contributed by atoms with Crippen LogP contribution in [0.3, 0.4) is 0 Å². The first-order chi connectivity index (χ1) is 18.2. The van der Waals surface area contributed by atoms with Crippen LogP contribution in [0.15, 0.2) is 30.3 Å². The highest BCUT2D eigenvalue weighted by Crippen LogP contribution is 2.21. The van der Waals surface area contributed by atoms with Gasteiger partial charge in [0.1, 0.15) is 0 Å². The first kappa shape index (κ1) is 33.3. The molecule has 0 spiro atoms. The first-order valence-corrected chi connectivity index (χ1v) is 15.1. The lowest BCUT2D eigenvalue weighted by Gasteiger charge is -2.07. The van der Waals surface area contributed by atoms with Crippen LogP contribution in [0, 0.1) is 0 Å². The maximum Gasteiger partial charge on any atom is 0.0725 e. The highest BCUT2D eigenvalue weighted by molar-refractivity contribution is 5.90. The van der Waals surface area contributed by atoms with Gasteiger partial charge in [-0.1, -0.05) is 83.9 Å². The molecule has 0 radical (unpaired) electrons. The standard InChI is InChI=1S/C23H36N2O2.C9H20O/c1-2-3-4-9-15-26-17-11-18-27-16-10-5-6-12-20-19-22(24)21-13-7-8-14-23(21)25-20;1-3-5-6-7-9-10-8-4-2/h7-8,13-14,19H,2-6,9-12,15-18H2,1H3,(H2,24,25);3-9H2,1-2H3. The Morgan fingerprint density at radius 1 is 0.595 bits per heavy atom. The minimum Gasteiger partial charge on any atom is -0.398 e. The van der Waals surface area contributed by atoms with E-state index in [0.29, 0.717) is 0 Å². The molecule has 2 aromatic rings. The van der Waals surface area contributed by atoms with Gasteiger partial charge in [-0.15, -0.1) is 0 Å². The number of ether oxygens (including phenoxy) is 3. The van der Waals surface area contributed by atoms with Crippen molar-refractivity contribution >= 4 is 16.6 Å². The van der Waals surface area contributed by atoms with E-state index >= 15 is 0 Å². The average Bonchev–Trinajstić information content (AvgIpc) is 2.91. The smallest absolute Gasteiger partial charge is 0.0725 e. The second-order valence-corrected chi connectivity index (χ2v) is 9.84. The minimum absolute atomic E-state index is 0.803. The van der Waals surface area contributed by atoms with Gasteiger partial charge < -0.3 is 19.9 Å². The number of anilines is 1. The van der Waals surface area contributed by atoms with E-state index in [-0.39, 0.29) is 0 Å². The number of nitrogen functional groups attached to an aromatic ring is 1. The maximum absolute atomic E-state index is 6.14. The van der Waals surface area contributed by atoms with E-state index in [9.17, 15) is 0 Å². The maximum atomic E-state index is 6.14. The number of unbranched alkanes of at least 4 members (excludes halogenated alkanes) is 8. The van der Waals surface area contributed by atoms with Gasteiger partial charge in [0, 0.05) is 56.4 Å². The molecule has 2 rings (SSSR count). The van der Waals surface area contributed by atoms with Crippen molar-refractivity contribution in [3.63, 3.8) is 0 Å². The number of para-hydroxylation sites is 1. The molecule has 5 nitrogen and oxygen atoms in total. The zero-order chi connectivity index (χ0) is 26.8. The summed E-state index contributed by atoms with van der Waals surface area (Å²) < 4.78 is 16.6. The van der Waals surface area contributed by atoms with Crippen molar-refractivity contribution < 1.29 is 14.2 Å². The summed E-state index contributed by atoms with van der Waals surface area (Å²) in [6, 6.07) is 10.1. The van der Waals surface area contributed by atoms with Crippen LogP contribution >= 0.6 is 0 Å². The SMILES string of the molecule is CCCCCCOCCC.CCCCCCOCCCOCCCCCc1cc(N)c2ccccc2n1. The summed E-state index contributed by atoms with van der Waals surface area (Å²) in [6.07, 6.45) is 16.8. The Morgan fingerprint density at radius 3 is 1.73 bits per heavy atom. The Kier molecular flexibility index (Phi) is 22.2. The number of hydrogen-bond donors (Lipinski definition) is 1. The van der Waals surface area contributed by atoms with Crippen LogP contribution < -0.4 is 5.73 Å². The summed E-state index contributed by atoms with van der Waals surface area (Å²) in [4.78, 5) is 4.71. The molecule has 0 saturated carbocycles. The number of rotatable bonds is 22. The molecule has 0 saturated heterocycles. The zero-order valence-electron chi connectivity index (χ0n) is 24.3. The van der Waals surface area contributed by atoms with Gasteiger partial charge in [-0.3, -0.25) is 4.98 Å². The summed E-state index contributed by atoms with van der Waals surface area (Å²) in [5, 5.41) is 1.04. The van der Waals surface area contributed by atoms with E-state index < -0.39 is 0 Å². The fourth-order valence-corrected chi connectivity index (χ4v) is 4.05. The van der Waals surface area contributed by atoms with E-state index in [1.165, 1.54) is 51.4 Å². The third-order valence-electron chi connectivity index (χ3n) is 6.23. The number of benzene rings is 1. The van der Waals surface area contributed by atoms with E-state index in [4.69, 9.17) is 24.9 Å². The van der Waals surface area contributed by atoms with Gasteiger partial charge in [0.2, 0.25) is 0 Å². The molecule has 212 valence electrons. The van der Waals surface area contributed by atoms with Crippen LogP contribution in [-0.2, 0) is 20.6 Å². The molecule has 0 bridgehead atoms. The number of nitrogens with zero attached hydrogens (tertiary/aromatic N) is 1. The van der Waals surface area contributed by atoms with Crippen molar-refractivity contribution in [2.24, 2.45) is 0 Å². The van der Waals surface area contributed by atoms with Gasteiger partial charge in [-0.05, 0) is 57.1 Å². The molecule has 0 unspecified atom stereocenters. The van der Waals surface area contributed by atoms with Crippen LogP contribution in [0.25, 0.3) is 10.9 Å². The lowest BCUT2D eigenvalue weighted by molar-refractivity contribution is 0.0795. The van der Waals surface area contributed by atoms with Gasteiger partial charge in [-0.25, -0.2) is 0 Å². The van der Waals surface area contributed by atoms with E-state index in [1.54, 1.807) is 0 Å². The number of aromatic nitrogens is 1. The Balaban J connectivity index is 0.000000580. The molecule has 0 aliphatic heterocycles. The van der Waals surface area contributed by atoms with E-state index in [0.717, 1.165) is 100 Å². The molecule has 0 aliphatic carbocycles. The molecular weight excluding hydrogens is 460 g/mol. The Bertz CT molecular complexity index is 761. The quantitative estimate of drug-likeness (QED) is 0.159. The molecule has 37 heavy (non-hydrogen) atoms. The lowest BCUT2D eigenvalue weighted by atomic mass is 10.1. The van der Waals surface area contributed by atoms with Crippen molar-refractivity contribution in [1.29, 1.82) is 0 Å². The van der Waals surface area contributed by atoms with Crippen LogP contribution in [0.4, 0.5) is 5.69 Å². The topological polar surface area (TPSA) is 66.6 Å². The summed E-state index contributed by atoms with van der Waals surface area (Å²) >= 11 is 0. The van der Waals surface area contributed by atoms with Crippen molar-refractivity contribution in [2.75, 3.05) is 45.4 Å².